The highest BCUT2D eigenvalue weighted by Gasteiger charge is 2.20. The van der Waals surface area contributed by atoms with Crippen LogP contribution in [0, 0.1) is 11.8 Å². The van der Waals surface area contributed by atoms with Crippen LogP contribution in [0.4, 0.5) is 0 Å². The van der Waals surface area contributed by atoms with Crippen LogP contribution in [0.5, 0.6) is 5.75 Å². The van der Waals surface area contributed by atoms with Gasteiger partial charge in [-0.05, 0) is 32.0 Å². The zero-order valence-electron chi connectivity index (χ0n) is 12.9. The maximum atomic E-state index is 12.3. The summed E-state index contributed by atoms with van der Waals surface area (Å²) in [5.41, 5.74) is 5.53. The fraction of sp³-hybridized carbons (Fsp3) is 0.438. The minimum atomic E-state index is -0.945. The quantitative estimate of drug-likeness (QED) is 0.806. The molecule has 5 heteroatoms. The molecule has 0 saturated heterocycles. The van der Waals surface area contributed by atoms with Gasteiger partial charge >= 0.3 is 0 Å². The van der Waals surface area contributed by atoms with E-state index in [-0.39, 0.29) is 19.0 Å². The van der Waals surface area contributed by atoms with E-state index in [9.17, 15) is 9.90 Å². The SMILES string of the molecule is COc1ccc(C(=O)N(C)CC(C)(C)O)cc1C#CCN. The van der Waals surface area contributed by atoms with Crippen molar-refractivity contribution in [3.63, 3.8) is 0 Å². The Morgan fingerprint density at radius 1 is 1.48 bits per heavy atom. The van der Waals surface area contributed by atoms with Crippen LogP contribution >= 0.6 is 0 Å². The lowest BCUT2D eigenvalue weighted by Gasteiger charge is -2.25. The van der Waals surface area contributed by atoms with Crippen LogP contribution in [0.3, 0.4) is 0 Å². The summed E-state index contributed by atoms with van der Waals surface area (Å²) in [6.07, 6.45) is 0. The van der Waals surface area contributed by atoms with E-state index in [1.807, 2.05) is 0 Å². The minimum absolute atomic E-state index is 0.185. The van der Waals surface area contributed by atoms with E-state index in [0.29, 0.717) is 16.9 Å². The second-order valence-corrected chi connectivity index (χ2v) is 5.39. The van der Waals surface area contributed by atoms with Gasteiger partial charge < -0.3 is 20.5 Å². The van der Waals surface area contributed by atoms with Crippen molar-refractivity contribution in [1.29, 1.82) is 0 Å². The third kappa shape index (κ3) is 5.10. The molecule has 0 fully saturated rings. The topological polar surface area (TPSA) is 75.8 Å². The predicted molar refractivity (Wildman–Crippen MR) is 82.2 cm³/mol. The van der Waals surface area contributed by atoms with Crippen molar-refractivity contribution in [1.82, 2.24) is 4.90 Å². The maximum absolute atomic E-state index is 12.3. The Morgan fingerprint density at radius 2 is 2.14 bits per heavy atom. The standard InChI is InChI=1S/C16H22N2O3/c1-16(2,20)11-18(3)15(19)13-7-8-14(21-4)12(10-13)6-5-9-17/h7-8,10,20H,9,11,17H2,1-4H3. The summed E-state index contributed by atoms with van der Waals surface area (Å²) in [7, 11) is 3.20. The summed E-state index contributed by atoms with van der Waals surface area (Å²) in [5.74, 6) is 6.04. The van der Waals surface area contributed by atoms with E-state index in [2.05, 4.69) is 11.8 Å². The van der Waals surface area contributed by atoms with Gasteiger partial charge in [-0.25, -0.2) is 0 Å². The van der Waals surface area contributed by atoms with Crippen molar-refractivity contribution in [2.75, 3.05) is 27.2 Å². The number of likely N-dealkylation sites (N-methyl/N-ethyl adjacent to an activating group) is 1. The summed E-state index contributed by atoms with van der Waals surface area (Å²) in [4.78, 5) is 13.8. The van der Waals surface area contributed by atoms with Gasteiger partial charge in [0.25, 0.3) is 5.91 Å². The molecule has 1 aromatic carbocycles. The highest BCUT2D eigenvalue weighted by Crippen LogP contribution is 2.20. The lowest BCUT2D eigenvalue weighted by Crippen LogP contribution is -2.39. The summed E-state index contributed by atoms with van der Waals surface area (Å²) in [5, 5.41) is 9.79. The summed E-state index contributed by atoms with van der Waals surface area (Å²) in [6, 6.07) is 5.05. The van der Waals surface area contributed by atoms with Crippen molar-refractivity contribution >= 4 is 5.91 Å². The van der Waals surface area contributed by atoms with E-state index in [1.165, 1.54) is 4.90 Å². The summed E-state index contributed by atoms with van der Waals surface area (Å²) >= 11 is 0. The monoisotopic (exact) mass is 290 g/mol. The van der Waals surface area contributed by atoms with E-state index in [0.717, 1.165) is 0 Å². The number of carbonyl (C=O) groups is 1. The first-order valence-electron chi connectivity index (χ1n) is 6.63. The third-order valence-electron chi connectivity index (χ3n) is 2.74. The molecule has 1 amide bonds. The number of methoxy groups -OCH3 is 1. The van der Waals surface area contributed by atoms with E-state index in [4.69, 9.17) is 10.5 Å². The van der Waals surface area contributed by atoms with E-state index in [1.54, 1.807) is 46.2 Å². The van der Waals surface area contributed by atoms with Crippen molar-refractivity contribution in [3.05, 3.63) is 29.3 Å². The molecule has 1 rings (SSSR count). The Morgan fingerprint density at radius 3 is 2.67 bits per heavy atom. The lowest BCUT2D eigenvalue weighted by molar-refractivity contribution is 0.0368. The Labute approximate surface area is 125 Å². The van der Waals surface area contributed by atoms with Gasteiger partial charge in [0, 0.05) is 19.2 Å². The first-order chi connectivity index (χ1) is 9.78. The molecular weight excluding hydrogens is 268 g/mol. The molecule has 0 saturated carbocycles. The lowest BCUT2D eigenvalue weighted by atomic mass is 10.1. The van der Waals surface area contributed by atoms with E-state index >= 15 is 0 Å². The van der Waals surface area contributed by atoms with Gasteiger partial charge in [-0.3, -0.25) is 4.79 Å². The fourth-order valence-electron chi connectivity index (χ4n) is 1.96. The van der Waals surface area contributed by atoms with Crippen LogP contribution in [-0.2, 0) is 0 Å². The molecule has 0 aliphatic carbocycles. The number of hydrogen-bond donors (Lipinski definition) is 2. The largest absolute Gasteiger partial charge is 0.495 e. The zero-order chi connectivity index (χ0) is 16.0. The van der Waals surface area contributed by atoms with Crippen molar-refractivity contribution < 1.29 is 14.6 Å². The molecule has 0 aliphatic rings. The van der Waals surface area contributed by atoms with Gasteiger partial charge in [-0.1, -0.05) is 11.8 Å². The minimum Gasteiger partial charge on any atom is -0.495 e. The van der Waals surface area contributed by atoms with Crippen molar-refractivity contribution in [3.8, 4) is 17.6 Å². The highest BCUT2D eigenvalue weighted by molar-refractivity contribution is 5.94. The number of carbonyl (C=O) groups excluding carboxylic acids is 1. The van der Waals surface area contributed by atoms with Gasteiger partial charge in [0.2, 0.25) is 0 Å². The normalized spacial score (nSPS) is 10.6. The second kappa shape index (κ2) is 7.11. The number of hydrogen-bond acceptors (Lipinski definition) is 4. The summed E-state index contributed by atoms with van der Waals surface area (Å²) in [6.45, 7) is 3.79. The van der Waals surface area contributed by atoms with E-state index < -0.39 is 5.60 Å². The number of benzene rings is 1. The summed E-state index contributed by atoms with van der Waals surface area (Å²) < 4.78 is 5.21. The molecule has 0 aliphatic heterocycles. The smallest absolute Gasteiger partial charge is 0.253 e. The van der Waals surface area contributed by atoms with Crippen LogP contribution in [-0.4, -0.2) is 48.8 Å². The first kappa shape index (κ1) is 17.0. The Balaban J connectivity index is 3.05. The number of ether oxygens (including phenoxy) is 1. The number of nitrogens with zero attached hydrogens (tertiary/aromatic N) is 1. The Kier molecular flexibility index (Phi) is 5.77. The molecule has 0 radical (unpaired) electrons. The zero-order valence-corrected chi connectivity index (χ0v) is 12.9. The molecule has 5 nitrogen and oxygen atoms in total. The van der Waals surface area contributed by atoms with Crippen LogP contribution in [0.25, 0.3) is 0 Å². The molecule has 0 atom stereocenters. The molecular formula is C16H22N2O3. The fourth-order valence-corrected chi connectivity index (χ4v) is 1.96. The Bertz CT molecular complexity index is 565. The van der Waals surface area contributed by atoms with Crippen LogP contribution in [0.1, 0.15) is 29.8 Å². The highest BCUT2D eigenvalue weighted by atomic mass is 16.5. The van der Waals surface area contributed by atoms with Gasteiger partial charge in [-0.2, -0.15) is 0 Å². The van der Waals surface area contributed by atoms with Crippen molar-refractivity contribution in [2.45, 2.75) is 19.4 Å². The molecule has 0 aromatic heterocycles. The van der Waals surface area contributed by atoms with Gasteiger partial charge in [0.15, 0.2) is 0 Å². The predicted octanol–water partition coefficient (Wildman–Crippen LogP) is 0.848. The van der Waals surface area contributed by atoms with Crippen LogP contribution in [0.2, 0.25) is 0 Å². The number of nitrogens with two attached hydrogens (primary N) is 1. The third-order valence-corrected chi connectivity index (χ3v) is 2.74. The number of rotatable bonds is 4. The van der Waals surface area contributed by atoms with Crippen molar-refractivity contribution in [2.24, 2.45) is 5.73 Å². The second-order valence-electron chi connectivity index (χ2n) is 5.39. The molecule has 1 aromatic rings. The van der Waals surface area contributed by atoms with Gasteiger partial charge in [-0.15, -0.1) is 0 Å². The molecule has 3 N–H and O–H groups in total. The Hall–Kier alpha value is -2.03. The van der Waals surface area contributed by atoms with Gasteiger partial charge in [0.05, 0.1) is 24.8 Å². The first-order valence-corrected chi connectivity index (χ1v) is 6.63. The molecule has 114 valence electrons. The van der Waals surface area contributed by atoms with Gasteiger partial charge in [0.1, 0.15) is 5.75 Å². The average molecular weight is 290 g/mol. The van der Waals surface area contributed by atoms with Crippen LogP contribution < -0.4 is 10.5 Å². The molecule has 0 unspecified atom stereocenters. The molecule has 0 spiro atoms. The molecule has 0 heterocycles. The number of amides is 1. The van der Waals surface area contributed by atoms with Crippen LogP contribution in [0.15, 0.2) is 18.2 Å². The average Bonchev–Trinajstić information content (AvgIpc) is 2.42. The number of aliphatic hydroxyl groups is 1. The molecule has 21 heavy (non-hydrogen) atoms. The molecule has 0 bridgehead atoms. The maximum Gasteiger partial charge on any atom is 0.253 e.